The van der Waals surface area contributed by atoms with E-state index in [-0.39, 0.29) is 29.7 Å². The van der Waals surface area contributed by atoms with Gasteiger partial charge in [-0.1, -0.05) is 0 Å². The Kier molecular flexibility index (Phi) is 6.63. The number of anilines is 2. The molecule has 1 aromatic rings. The van der Waals surface area contributed by atoms with Gasteiger partial charge in [-0.3, -0.25) is 19.3 Å². The minimum Gasteiger partial charge on any atom is -0.508 e. The summed E-state index contributed by atoms with van der Waals surface area (Å²) in [5.41, 5.74) is 3.81. The van der Waals surface area contributed by atoms with Crippen LogP contribution < -0.4 is 15.5 Å². The summed E-state index contributed by atoms with van der Waals surface area (Å²) in [5, 5.41) is 46.0. The molecule has 1 amide bonds. The van der Waals surface area contributed by atoms with Crippen molar-refractivity contribution in [3.05, 3.63) is 34.1 Å². The Bertz CT molecular complexity index is 1380. The number of nitrogens with zero attached hydrogens (tertiary/aromatic N) is 4. The van der Waals surface area contributed by atoms with Gasteiger partial charge in [0.1, 0.15) is 22.8 Å². The van der Waals surface area contributed by atoms with Gasteiger partial charge in [-0.15, -0.1) is 0 Å². The summed E-state index contributed by atoms with van der Waals surface area (Å²) in [6.07, 6.45) is 0.304. The van der Waals surface area contributed by atoms with E-state index in [9.17, 15) is 34.8 Å². The zero-order valence-electron chi connectivity index (χ0n) is 23.4. The summed E-state index contributed by atoms with van der Waals surface area (Å²) in [7, 11) is 8.89. The van der Waals surface area contributed by atoms with Gasteiger partial charge >= 0.3 is 0 Å². The van der Waals surface area contributed by atoms with E-state index in [0.29, 0.717) is 24.3 Å². The molecule has 5 rings (SSSR count). The fraction of sp³-hybridized carbons (Fsp3) is 0.536. The summed E-state index contributed by atoms with van der Waals surface area (Å²) in [6.45, 7) is 2.89. The van der Waals surface area contributed by atoms with Gasteiger partial charge in [-0.25, -0.2) is 0 Å². The maximum absolute atomic E-state index is 14.1. The van der Waals surface area contributed by atoms with Crippen LogP contribution in [0.4, 0.5) is 11.4 Å². The third-order valence-corrected chi connectivity index (χ3v) is 9.00. The summed E-state index contributed by atoms with van der Waals surface area (Å²) < 4.78 is 0. The maximum atomic E-state index is 14.1. The molecule has 1 saturated heterocycles. The number of benzene rings is 1. The van der Waals surface area contributed by atoms with Crippen LogP contribution in [0.15, 0.2) is 23.0 Å². The lowest BCUT2D eigenvalue weighted by Crippen LogP contribution is -2.65. The molecular formula is C28H37N5O7. The molecule has 1 aliphatic heterocycles. The van der Waals surface area contributed by atoms with Gasteiger partial charge in [0.15, 0.2) is 11.4 Å². The number of primary amides is 1. The van der Waals surface area contributed by atoms with Crippen molar-refractivity contribution in [1.29, 1.82) is 0 Å². The number of aliphatic hydroxyl groups excluding tert-OH is 2. The molecule has 1 aromatic carbocycles. The number of Topliss-reactive ketones (excluding diaryl/α,β-unsaturated/α-hetero) is 2. The van der Waals surface area contributed by atoms with Crippen molar-refractivity contribution in [3.8, 4) is 5.75 Å². The smallest absolute Gasteiger partial charge is 0.255 e. The van der Waals surface area contributed by atoms with Gasteiger partial charge in [-0.05, 0) is 51.5 Å². The van der Waals surface area contributed by atoms with Crippen molar-refractivity contribution in [1.82, 2.24) is 9.80 Å². The highest BCUT2D eigenvalue weighted by Gasteiger charge is 2.64. The van der Waals surface area contributed by atoms with E-state index < -0.39 is 58.0 Å². The Morgan fingerprint density at radius 1 is 1.07 bits per heavy atom. The number of aromatic hydroxyl groups is 1. The predicted molar refractivity (Wildman–Crippen MR) is 148 cm³/mol. The minimum atomic E-state index is -2.65. The number of phenolic OH excluding ortho intramolecular Hbond substituents is 1. The molecule has 1 saturated carbocycles. The number of phenols is 1. The van der Waals surface area contributed by atoms with Crippen LogP contribution in [0.5, 0.6) is 5.75 Å². The molecule has 0 bridgehead atoms. The van der Waals surface area contributed by atoms with Crippen molar-refractivity contribution >= 4 is 34.6 Å². The van der Waals surface area contributed by atoms with E-state index in [1.807, 2.05) is 37.0 Å². The topological polar surface area (TPSA) is 171 Å². The lowest BCUT2D eigenvalue weighted by molar-refractivity contribution is -0.153. The van der Waals surface area contributed by atoms with Gasteiger partial charge in [0.2, 0.25) is 5.78 Å². The van der Waals surface area contributed by atoms with Crippen molar-refractivity contribution in [2.45, 2.75) is 24.5 Å². The highest BCUT2D eigenvalue weighted by Crippen LogP contribution is 2.55. The van der Waals surface area contributed by atoms with E-state index in [2.05, 4.69) is 4.90 Å². The standard InChI is InChI=1S/C28H37N5O7/c1-30(2)16-12-17(33-8-6-32(5)7-9-33)22(34)19-14(16)10-13-11-15-21(31(3)4)24(36)20(27(29)39)26(38)28(15,40)25(37)18(13)23(19)35/h12-13,15,21,34-35,38,40H,6-11H2,1-5H3,(H2,29,39)/t13-,15-,21-,28-/m1/s1. The molecule has 0 aromatic heterocycles. The lowest BCUT2D eigenvalue weighted by Gasteiger charge is -2.50. The number of piperazine rings is 1. The molecule has 0 spiro atoms. The van der Waals surface area contributed by atoms with E-state index in [1.54, 1.807) is 14.1 Å². The third kappa shape index (κ3) is 3.80. The number of rotatable bonds is 4. The number of hydrogen-bond donors (Lipinski definition) is 5. The van der Waals surface area contributed by atoms with Crippen LogP contribution in [0.2, 0.25) is 0 Å². The number of aliphatic hydroxyl groups is 3. The monoisotopic (exact) mass is 555 g/mol. The Hall–Kier alpha value is -3.61. The number of carbonyl (C=O) groups is 3. The molecule has 12 heteroatoms. The van der Waals surface area contributed by atoms with Gasteiger partial charge in [0, 0.05) is 57.5 Å². The second kappa shape index (κ2) is 9.50. The molecule has 1 heterocycles. The Morgan fingerprint density at radius 3 is 2.25 bits per heavy atom. The fourth-order valence-corrected chi connectivity index (χ4v) is 6.97. The molecule has 2 fully saturated rings. The van der Waals surface area contributed by atoms with Crippen LogP contribution in [0.3, 0.4) is 0 Å². The molecule has 4 aliphatic rings. The lowest BCUT2D eigenvalue weighted by atomic mass is 9.57. The Morgan fingerprint density at radius 2 is 1.70 bits per heavy atom. The van der Waals surface area contributed by atoms with Crippen molar-refractivity contribution in [2.75, 3.05) is 71.2 Å². The first kappa shape index (κ1) is 27.9. The van der Waals surface area contributed by atoms with E-state index in [1.165, 1.54) is 4.90 Å². The second-order valence-corrected chi connectivity index (χ2v) is 11.8. The molecule has 6 N–H and O–H groups in total. The average molecular weight is 556 g/mol. The van der Waals surface area contributed by atoms with Crippen LogP contribution in [0, 0.1) is 11.8 Å². The van der Waals surface area contributed by atoms with Crippen LogP contribution in [-0.4, -0.2) is 121 Å². The third-order valence-electron chi connectivity index (χ3n) is 9.00. The molecule has 216 valence electrons. The number of carbonyl (C=O) groups excluding carboxylic acids is 3. The largest absolute Gasteiger partial charge is 0.508 e. The van der Waals surface area contributed by atoms with Gasteiger partial charge in [0.05, 0.1) is 17.3 Å². The quantitative estimate of drug-likeness (QED) is 0.311. The average Bonchev–Trinajstić information content (AvgIpc) is 2.86. The zero-order chi connectivity index (χ0) is 29.4. The fourth-order valence-electron chi connectivity index (χ4n) is 6.97. The minimum absolute atomic E-state index is 0.0552. The molecule has 0 radical (unpaired) electrons. The zero-order valence-corrected chi connectivity index (χ0v) is 23.4. The number of amides is 1. The molecule has 4 atom stereocenters. The Labute approximate surface area is 232 Å². The first-order valence-corrected chi connectivity index (χ1v) is 13.4. The Balaban J connectivity index is 1.72. The van der Waals surface area contributed by atoms with Gasteiger partial charge in [0.25, 0.3) is 5.91 Å². The van der Waals surface area contributed by atoms with Crippen LogP contribution in [-0.2, 0) is 20.8 Å². The molecule has 40 heavy (non-hydrogen) atoms. The number of hydrogen-bond acceptors (Lipinski definition) is 11. The summed E-state index contributed by atoms with van der Waals surface area (Å²) in [4.78, 5) is 47.1. The van der Waals surface area contributed by atoms with Crippen molar-refractivity contribution < 1.29 is 34.8 Å². The molecule has 12 nitrogen and oxygen atoms in total. The molecule has 0 unspecified atom stereocenters. The van der Waals surface area contributed by atoms with E-state index >= 15 is 0 Å². The summed E-state index contributed by atoms with van der Waals surface area (Å²) >= 11 is 0. The summed E-state index contributed by atoms with van der Waals surface area (Å²) in [6, 6.07) is 0.776. The number of likely N-dealkylation sites (N-methyl/N-ethyl adjacent to an activating group) is 2. The van der Waals surface area contributed by atoms with Crippen molar-refractivity contribution in [3.63, 3.8) is 0 Å². The molecule has 3 aliphatic carbocycles. The van der Waals surface area contributed by atoms with Crippen LogP contribution >= 0.6 is 0 Å². The second-order valence-electron chi connectivity index (χ2n) is 11.8. The highest BCUT2D eigenvalue weighted by molar-refractivity contribution is 6.24. The first-order chi connectivity index (χ1) is 18.7. The highest BCUT2D eigenvalue weighted by atomic mass is 16.3. The van der Waals surface area contributed by atoms with Crippen LogP contribution in [0.25, 0.3) is 5.76 Å². The molecular weight excluding hydrogens is 518 g/mol. The number of nitrogens with two attached hydrogens (primary N) is 1. The normalized spacial score (nSPS) is 29.0. The van der Waals surface area contributed by atoms with E-state index in [0.717, 1.165) is 18.8 Å². The summed E-state index contributed by atoms with van der Waals surface area (Å²) in [5.74, 6) is -6.49. The van der Waals surface area contributed by atoms with E-state index in [4.69, 9.17) is 5.73 Å². The van der Waals surface area contributed by atoms with Gasteiger partial charge in [-0.2, -0.15) is 0 Å². The van der Waals surface area contributed by atoms with Gasteiger partial charge < -0.3 is 40.9 Å². The number of fused-ring (bicyclic) bond motifs is 3. The maximum Gasteiger partial charge on any atom is 0.255 e. The predicted octanol–water partition coefficient (Wildman–Crippen LogP) is -0.218. The SMILES string of the molecule is CN1CCN(c2cc(N(C)C)c3c(c2O)C(O)=C2C(=O)[C@@]4(O)C(O)=C(C(N)=O)C(=O)[C@H](N(C)C)[C@H]4C[C@H]2C3)CC1. The first-order valence-electron chi connectivity index (χ1n) is 13.4. The number of ketones is 2. The van der Waals surface area contributed by atoms with Crippen molar-refractivity contribution in [2.24, 2.45) is 17.6 Å². The van der Waals surface area contributed by atoms with Crippen LogP contribution in [0.1, 0.15) is 17.5 Å².